The lowest BCUT2D eigenvalue weighted by Crippen LogP contribution is -1.95. The van der Waals surface area contributed by atoms with Crippen LogP contribution in [0.3, 0.4) is 0 Å². The second kappa shape index (κ2) is 33.9. The molecule has 0 bridgehead atoms. The van der Waals surface area contributed by atoms with Gasteiger partial charge < -0.3 is 18.1 Å². The van der Waals surface area contributed by atoms with Crippen LogP contribution in [-0.4, -0.2) is 43.6 Å². The highest BCUT2D eigenvalue weighted by Crippen LogP contribution is 2.51. The monoisotopic (exact) mass is 1910 g/mol. The molecule has 0 unspecified atom stereocenters. The van der Waals surface area contributed by atoms with E-state index in [4.69, 9.17) is 34.3 Å². The summed E-state index contributed by atoms with van der Waals surface area (Å²) < 4.78 is 19.8. The van der Waals surface area contributed by atoms with E-state index < -0.39 is 0 Å². The summed E-state index contributed by atoms with van der Waals surface area (Å²) in [7, 11) is 0. The minimum absolute atomic E-state index is 0.704. The molecule has 0 fully saturated rings. The van der Waals surface area contributed by atoms with E-state index in [-0.39, 0.29) is 0 Å². The third-order valence-corrected chi connectivity index (χ3v) is 32.7. The van der Waals surface area contributed by atoms with Crippen LogP contribution in [0.15, 0.2) is 472 Å². The van der Waals surface area contributed by atoms with Crippen LogP contribution in [0, 0.1) is 0 Å². The normalized spacial score (nSPS) is 11.9. The van der Waals surface area contributed by atoms with Crippen LogP contribution in [0.5, 0.6) is 0 Å². The summed E-state index contributed by atoms with van der Waals surface area (Å²) in [4.78, 5) is 34.9. The summed E-state index contributed by atoms with van der Waals surface area (Å²) in [5, 5.41) is 21.4. The summed E-state index contributed by atoms with van der Waals surface area (Å²) >= 11 is 7.03. The van der Waals surface area contributed by atoms with Crippen molar-refractivity contribution < 1.29 is 4.42 Å². The average Bonchev–Trinajstić information content (AvgIpc) is 1.57. The number of fused-ring (bicyclic) bond motifs is 26. The van der Waals surface area contributed by atoms with Crippen molar-refractivity contribution in [2.75, 3.05) is 0 Å². The fourth-order valence-electron chi connectivity index (χ4n) is 21.8. The zero-order valence-corrected chi connectivity index (χ0v) is 80.3. The molecule has 20 aromatic carbocycles. The highest BCUT2D eigenvalue weighted by molar-refractivity contribution is 7.27. The summed E-state index contributed by atoms with van der Waals surface area (Å²) in [5.74, 6) is 2.18. The van der Waals surface area contributed by atoms with Gasteiger partial charge >= 0.3 is 0 Å². The van der Waals surface area contributed by atoms with Crippen molar-refractivity contribution in [3.8, 4) is 107 Å². The Morgan fingerprint density at radius 2 is 0.542 bits per heavy atom. The van der Waals surface area contributed by atoms with Crippen molar-refractivity contribution in [2.24, 2.45) is 0 Å². The van der Waals surface area contributed by atoms with Crippen LogP contribution in [0.4, 0.5) is 0 Å². The molecule has 0 saturated heterocycles. The Hall–Kier alpha value is -18.0. The number of para-hydroxylation sites is 7. The first-order valence-electron chi connectivity index (χ1n) is 48.3. The molecule has 0 aliphatic rings. The first-order valence-corrected chi connectivity index (χ1v) is 51.5. The van der Waals surface area contributed by atoms with Crippen LogP contribution in [0.1, 0.15) is 0 Å². The van der Waals surface area contributed by atoms with Crippen LogP contribution in [0.25, 0.3) is 286 Å². The van der Waals surface area contributed by atoms with Crippen molar-refractivity contribution in [2.45, 2.75) is 0 Å². The van der Waals surface area contributed by atoms with Gasteiger partial charge in [0.2, 0.25) is 0 Å². The molecule has 10 nitrogen and oxygen atoms in total. The SMILES string of the molecule is c1ccc(-c2cccc(-c3nc(-c4cccc(-c5ccc6c(c5)c5c7ccccc7ccc5n6-c5ccccc5)c4)nc4sc5ccccc5c34)c2)cc1.c1ccc(-n2c3ccccc3c3cc(-c4nc(-c5cccc6c5oc5ccccc56)c5c(n4)sc4ccccc45)ccc32)cc1.c1ccc(-n2c3ccccc3c3cc(-c4nc(-c5cccc6c5sc5ccccc56)c5c(n4)sc4ccccc45)ccc32)cc1. The molecule has 11 aromatic heterocycles. The van der Waals surface area contributed by atoms with E-state index in [1.54, 1.807) is 34.0 Å². The molecule has 0 aliphatic heterocycles. The molecule has 0 saturated carbocycles. The number of hydrogen-bond acceptors (Lipinski definition) is 11. The number of rotatable bonds is 11. The van der Waals surface area contributed by atoms with Gasteiger partial charge in [0.25, 0.3) is 0 Å². The Bertz CT molecular complexity index is 10300. The van der Waals surface area contributed by atoms with E-state index in [0.717, 1.165) is 154 Å². The molecule has 0 radical (unpaired) electrons. The summed E-state index contributed by atoms with van der Waals surface area (Å²) in [5.41, 5.74) is 25.9. The second-order valence-corrected chi connectivity index (χ2v) is 40.7. The van der Waals surface area contributed by atoms with Crippen LogP contribution >= 0.6 is 45.3 Å². The molecule has 0 N–H and O–H groups in total. The fraction of sp³-hybridized carbons (Fsp3) is 0. The molecule has 11 heterocycles. The maximum absolute atomic E-state index is 6.51. The van der Waals surface area contributed by atoms with E-state index in [2.05, 4.69) is 469 Å². The lowest BCUT2D eigenvalue weighted by atomic mass is 9.98. The third kappa shape index (κ3) is 13.7. The van der Waals surface area contributed by atoms with Crippen LogP contribution < -0.4 is 0 Å². The van der Waals surface area contributed by atoms with Gasteiger partial charge in [-0.3, -0.25) is 0 Å². The molecular formula is C130H77N9OS4. The van der Waals surface area contributed by atoms with Crippen molar-refractivity contribution in [1.29, 1.82) is 0 Å². The summed E-state index contributed by atoms with van der Waals surface area (Å²) in [6, 6.07) is 166. The van der Waals surface area contributed by atoms with E-state index in [1.807, 2.05) is 23.5 Å². The number of hydrogen-bond donors (Lipinski definition) is 0. The van der Waals surface area contributed by atoms with Crippen molar-refractivity contribution in [1.82, 2.24) is 43.6 Å². The van der Waals surface area contributed by atoms with E-state index in [1.165, 1.54) is 127 Å². The Kier molecular flexibility index (Phi) is 19.6. The molecular weight excluding hydrogens is 1830 g/mol. The molecule has 0 amide bonds. The van der Waals surface area contributed by atoms with Crippen LogP contribution in [0.2, 0.25) is 0 Å². The van der Waals surface area contributed by atoms with Crippen molar-refractivity contribution in [3.05, 3.63) is 467 Å². The van der Waals surface area contributed by atoms with Gasteiger partial charge in [0.1, 0.15) is 25.7 Å². The topological polar surface area (TPSA) is 105 Å². The van der Waals surface area contributed by atoms with Gasteiger partial charge in [0.15, 0.2) is 17.5 Å². The van der Waals surface area contributed by atoms with Gasteiger partial charge in [-0.1, -0.05) is 315 Å². The lowest BCUT2D eigenvalue weighted by Gasteiger charge is -2.11. The predicted octanol–water partition coefficient (Wildman–Crippen LogP) is 36.6. The van der Waals surface area contributed by atoms with Crippen molar-refractivity contribution in [3.63, 3.8) is 0 Å². The van der Waals surface area contributed by atoms with Gasteiger partial charge in [-0.15, -0.1) is 45.3 Å². The first-order chi connectivity index (χ1) is 71.4. The minimum atomic E-state index is 0.704. The molecule has 144 heavy (non-hydrogen) atoms. The molecule has 14 heteroatoms. The largest absolute Gasteiger partial charge is 0.455 e. The fourth-order valence-corrected chi connectivity index (χ4v) is 26.2. The van der Waals surface area contributed by atoms with Gasteiger partial charge in [0, 0.05) is 160 Å². The predicted molar refractivity (Wildman–Crippen MR) is 609 cm³/mol. The zero-order chi connectivity index (χ0) is 94.6. The molecule has 0 spiro atoms. The number of nitrogens with zero attached hydrogens (tertiary/aromatic N) is 9. The quantitative estimate of drug-likeness (QED) is 0.127. The third-order valence-electron chi connectivity index (χ3n) is 28.3. The molecule has 31 aromatic rings. The lowest BCUT2D eigenvalue weighted by molar-refractivity contribution is 0.670. The number of aromatic nitrogens is 9. The van der Waals surface area contributed by atoms with Crippen LogP contribution in [-0.2, 0) is 0 Å². The smallest absolute Gasteiger partial charge is 0.161 e. The van der Waals surface area contributed by atoms with E-state index in [0.29, 0.717) is 5.82 Å². The summed E-state index contributed by atoms with van der Waals surface area (Å²) in [6.07, 6.45) is 0. The molecule has 672 valence electrons. The Morgan fingerprint density at radius 3 is 1.11 bits per heavy atom. The molecule has 0 aliphatic carbocycles. The molecule has 31 rings (SSSR count). The second-order valence-electron chi connectivity index (χ2n) is 36.5. The van der Waals surface area contributed by atoms with Gasteiger partial charge in [-0.05, 0) is 185 Å². The minimum Gasteiger partial charge on any atom is -0.455 e. The molecule has 0 atom stereocenters. The van der Waals surface area contributed by atoms with E-state index in [9.17, 15) is 0 Å². The van der Waals surface area contributed by atoms with Gasteiger partial charge in [0.05, 0.1) is 50.2 Å². The Morgan fingerprint density at radius 1 is 0.188 bits per heavy atom. The Labute approximate surface area is 840 Å². The Balaban J connectivity index is 0.000000103. The standard InChI is InChI=1S/C50H31N3S.C40H23N3OS.C40H23N3S2/c1-3-13-32(14-4-1)34-16-11-18-37(29-34)48-47-41-23-9-10-24-45(41)54-50(47)52-49(51-48)38-19-12-17-35(30-38)36-26-27-43-42(31-36)46-40-22-8-7-15-33(40)25-28-44(46)53(43)39-20-5-2-6-21-39;2*1-2-11-25(12-3-1)43-32-18-7-4-13-26(32)31-23-24(21-22-33(31)43)39-41-37(36-29-15-6-9-20-35(29)45-40(36)42-39)30-17-10-16-28-27-14-5-8-19-34(27)44-38(28)30/h1-31H;2*1-23H. The summed E-state index contributed by atoms with van der Waals surface area (Å²) in [6.45, 7) is 0. The average molecular weight is 1910 g/mol. The number of furan rings is 1. The number of benzene rings is 20. The first kappa shape index (κ1) is 83.0. The van der Waals surface area contributed by atoms with Crippen molar-refractivity contribution >= 4 is 225 Å². The zero-order valence-electron chi connectivity index (χ0n) is 77.0. The maximum Gasteiger partial charge on any atom is 0.161 e. The maximum atomic E-state index is 6.51. The highest BCUT2D eigenvalue weighted by Gasteiger charge is 2.28. The van der Waals surface area contributed by atoms with Gasteiger partial charge in [-0.25, -0.2) is 29.9 Å². The van der Waals surface area contributed by atoms with Gasteiger partial charge in [-0.2, -0.15) is 0 Å². The van der Waals surface area contributed by atoms with E-state index >= 15 is 0 Å². The highest BCUT2D eigenvalue weighted by atomic mass is 32.1. The number of thiophene rings is 4.